The van der Waals surface area contributed by atoms with E-state index in [0.29, 0.717) is 17.9 Å². The van der Waals surface area contributed by atoms with E-state index in [-0.39, 0.29) is 41.4 Å². The molecule has 2 fully saturated rings. The van der Waals surface area contributed by atoms with Crippen molar-refractivity contribution in [2.45, 2.75) is 56.2 Å². The van der Waals surface area contributed by atoms with Crippen LogP contribution in [0.4, 0.5) is 0 Å². The number of fused-ring (bicyclic) bond motifs is 1. The lowest BCUT2D eigenvalue weighted by molar-refractivity contribution is -0.163. The normalized spacial score (nSPS) is 36.1. The van der Waals surface area contributed by atoms with Gasteiger partial charge >= 0.3 is 5.97 Å². The number of β-lactam (4-membered cyclic amide) rings is 1. The first kappa shape index (κ1) is 19.6. The molecule has 0 spiro atoms. The number of aliphatic carboxylic acids is 1. The van der Waals surface area contributed by atoms with Crippen molar-refractivity contribution in [2.75, 3.05) is 13.1 Å². The summed E-state index contributed by atoms with van der Waals surface area (Å²) >= 11 is 1.51. The van der Waals surface area contributed by atoms with E-state index in [1.165, 1.54) is 16.7 Å². The Morgan fingerprint density at radius 2 is 2.15 bits per heavy atom. The van der Waals surface area contributed by atoms with Gasteiger partial charge < -0.3 is 31.3 Å². The highest BCUT2D eigenvalue weighted by molar-refractivity contribution is 8.03. The number of aliphatic hydroxyl groups is 2. The summed E-state index contributed by atoms with van der Waals surface area (Å²) in [6, 6.07) is -0.124. The van der Waals surface area contributed by atoms with Gasteiger partial charge in [0.15, 0.2) is 0 Å². The molecule has 3 heterocycles. The van der Waals surface area contributed by atoms with Gasteiger partial charge in [0.05, 0.1) is 24.2 Å². The van der Waals surface area contributed by atoms with Gasteiger partial charge in [-0.3, -0.25) is 4.79 Å². The van der Waals surface area contributed by atoms with Crippen LogP contribution in [0.3, 0.4) is 0 Å². The predicted molar refractivity (Wildman–Crippen MR) is 97.1 cm³/mol. The van der Waals surface area contributed by atoms with Crippen molar-refractivity contribution in [2.24, 2.45) is 17.6 Å². The molecule has 0 saturated carbocycles. The Kier molecular flexibility index (Phi) is 5.64. The first-order valence-electron chi connectivity index (χ1n) is 9.03. The standard InChI is InChI=1S/C17H27N3O5S/c1-7-13-12(8(2)21)16(23)20(13)14(17(24)25)15(7)26-11-4-9(19-6-11)3-10(22)5-18/h7-13,19,21-22H,3-6,18H2,1-2H3,(H,24,25)/t7-,8-,9-,10-,11+,12-,13-/m1/s1. The van der Waals surface area contributed by atoms with Gasteiger partial charge in [-0.1, -0.05) is 6.92 Å². The lowest BCUT2D eigenvalue weighted by Gasteiger charge is -2.46. The highest BCUT2D eigenvalue weighted by Crippen LogP contribution is 2.51. The maximum atomic E-state index is 12.3. The van der Waals surface area contributed by atoms with Crippen molar-refractivity contribution in [1.29, 1.82) is 0 Å². The van der Waals surface area contributed by atoms with Crippen molar-refractivity contribution in [3.63, 3.8) is 0 Å². The van der Waals surface area contributed by atoms with E-state index in [9.17, 15) is 24.9 Å². The Bertz CT molecular complexity index is 626. The molecule has 2 saturated heterocycles. The Hall–Kier alpha value is -1.13. The molecule has 6 N–H and O–H groups in total. The third-order valence-electron chi connectivity index (χ3n) is 5.62. The number of hydrogen-bond acceptors (Lipinski definition) is 7. The average Bonchev–Trinajstić information content (AvgIpc) is 3.09. The monoisotopic (exact) mass is 385 g/mol. The summed E-state index contributed by atoms with van der Waals surface area (Å²) in [5.41, 5.74) is 5.53. The summed E-state index contributed by atoms with van der Waals surface area (Å²) in [5.74, 6) is -2.05. The number of carboxylic acids is 1. The lowest BCUT2D eigenvalue weighted by Crippen LogP contribution is -2.63. The molecule has 0 aromatic heterocycles. The van der Waals surface area contributed by atoms with Crippen LogP contribution in [-0.2, 0) is 9.59 Å². The third kappa shape index (κ3) is 3.27. The average molecular weight is 385 g/mol. The predicted octanol–water partition coefficient (Wildman–Crippen LogP) is -0.686. The number of carboxylic acid groups (broad SMARTS) is 1. The van der Waals surface area contributed by atoms with Gasteiger partial charge in [-0.15, -0.1) is 11.8 Å². The summed E-state index contributed by atoms with van der Waals surface area (Å²) in [4.78, 5) is 26.2. The minimum absolute atomic E-state index is 0.0693. The fourth-order valence-electron chi connectivity index (χ4n) is 4.33. The van der Waals surface area contributed by atoms with E-state index in [4.69, 9.17) is 5.73 Å². The van der Waals surface area contributed by atoms with Gasteiger partial charge in [0, 0.05) is 35.2 Å². The Labute approximate surface area is 156 Å². The molecule has 0 aliphatic carbocycles. The minimum atomic E-state index is -1.10. The van der Waals surface area contributed by atoms with Crippen molar-refractivity contribution >= 4 is 23.6 Å². The van der Waals surface area contributed by atoms with Crippen LogP contribution in [-0.4, -0.2) is 74.7 Å². The van der Waals surface area contributed by atoms with Crippen molar-refractivity contribution < 1.29 is 24.9 Å². The zero-order valence-corrected chi connectivity index (χ0v) is 15.8. The number of nitrogens with one attached hydrogen (secondary N) is 1. The zero-order valence-electron chi connectivity index (χ0n) is 15.0. The number of amides is 1. The van der Waals surface area contributed by atoms with Gasteiger partial charge in [0.2, 0.25) is 5.91 Å². The Morgan fingerprint density at radius 1 is 1.46 bits per heavy atom. The number of aliphatic hydroxyl groups excluding tert-OH is 2. The van der Waals surface area contributed by atoms with Crippen LogP contribution in [0.2, 0.25) is 0 Å². The second-order valence-corrected chi connectivity index (χ2v) is 8.82. The Balaban J connectivity index is 1.73. The van der Waals surface area contributed by atoms with E-state index in [1.807, 2.05) is 6.92 Å². The fourth-order valence-corrected chi connectivity index (χ4v) is 5.85. The second kappa shape index (κ2) is 7.47. The van der Waals surface area contributed by atoms with Gasteiger partial charge in [-0.25, -0.2) is 4.79 Å². The number of nitrogens with zero attached hydrogens (tertiary/aromatic N) is 1. The molecule has 8 nitrogen and oxygen atoms in total. The van der Waals surface area contributed by atoms with E-state index in [0.717, 1.165) is 6.42 Å². The summed E-state index contributed by atoms with van der Waals surface area (Å²) in [7, 11) is 0. The van der Waals surface area contributed by atoms with Crippen LogP contribution in [0.1, 0.15) is 26.7 Å². The first-order chi connectivity index (χ1) is 12.3. The summed E-state index contributed by atoms with van der Waals surface area (Å²) in [6.07, 6.45) is 0.0527. The fraction of sp³-hybridized carbons (Fsp3) is 0.765. The van der Waals surface area contributed by atoms with Crippen molar-refractivity contribution in [3.8, 4) is 0 Å². The number of carbonyl (C=O) groups is 2. The quantitative estimate of drug-likeness (QED) is 0.364. The molecule has 3 rings (SSSR count). The molecule has 7 atom stereocenters. The molecule has 9 heteroatoms. The number of nitrogens with two attached hydrogens (primary N) is 1. The van der Waals surface area contributed by atoms with E-state index in [1.54, 1.807) is 6.92 Å². The molecule has 146 valence electrons. The van der Waals surface area contributed by atoms with Crippen LogP contribution in [0.5, 0.6) is 0 Å². The SMILES string of the molecule is C[C@@H](O)[C@H]1C(=O)N2C(C(=O)O)=C(S[C@@H]3CN[C@H](C[C@@H](O)CN)C3)[C@H](C)[C@H]12. The number of thioether (sulfide) groups is 1. The van der Waals surface area contributed by atoms with Gasteiger partial charge in [-0.2, -0.15) is 0 Å². The lowest BCUT2D eigenvalue weighted by atomic mass is 9.79. The number of hydrogen-bond donors (Lipinski definition) is 5. The van der Waals surface area contributed by atoms with Gasteiger partial charge in [0.1, 0.15) is 5.70 Å². The van der Waals surface area contributed by atoms with Crippen molar-refractivity contribution in [1.82, 2.24) is 10.2 Å². The van der Waals surface area contributed by atoms with Crippen LogP contribution in [0.25, 0.3) is 0 Å². The second-order valence-electron chi connectivity index (χ2n) is 7.48. The molecule has 3 aliphatic rings. The molecule has 0 aromatic rings. The molecule has 1 amide bonds. The molecule has 26 heavy (non-hydrogen) atoms. The topological polar surface area (TPSA) is 136 Å². The number of carbonyl (C=O) groups excluding carboxylic acids is 1. The summed E-state index contributed by atoms with van der Waals surface area (Å²) < 4.78 is 0. The molecule has 0 radical (unpaired) electrons. The largest absolute Gasteiger partial charge is 0.477 e. The molecule has 0 aromatic carbocycles. The van der Waals surface area contributed by atoms with Crippen LogP contribution in [0, 0.1) is 11.8 Å². The highest BCUT2D eigenvalue weighted by atomic mass is 32.2. The maximum Gasteiger partial charge on any atom is 0.353 e. The van der Waals surface area contributed by atoms with E-state index < -0.39 is 24.1 Å². The van der Waals surface area contributed by atoms with Gasteiger partial charge in [0.25, 0.3) is 0 Å². The van der Waals surface area contributed by atoms with Crippen molar-refractivity contribution in [3.05, 3.63) is 10.6 Å². The van der Waals surface area contributed by atoms with E-state index >= 15 is 0 Å². The third-order valence-corrected chi connectivity index (χ3v) is 7.13. The minimum Gasteiger partial charge on any atom is -0.477 e. The molecule has 0 bridgehead atoms. The molecular formula is C17H27N3O5S. The van der Waals surface area contributed by atoms with Crippen LogP contribution >= 0.6 is 11.8 Å². The highest BCUT2D eigenvalue weighted by Gasteiger charge is 2.60. The summed E-state index contributed by atoms with van der Waals surface area (Å²) in [5, 5.41) is 32.8. The number of rotatable bonds is 7. The van der Waals surface area contributed by atoms with Gasteiger partial charge in [-0.05, 0) is 19.8 Å². The molecular weight excluding hydrogens is 358 g/mol. The smallest absolute Gasteiger partial charge is 0.353 e. The molecule has 3 aliphatic heterocycles. The van der Waals surface area contributed by atoms with Crippen LogP contribution < -0.4 is 11.1 Å². The molecule has 0 unspecified atom stereocenters. The first-order valence-corrected chi connectivity index (χ1v) is 9.91. The Morgan fingerprint density at radius 3 is 2.73 bits per heavy atom. The maximum absolute atomic E-state index is 12.3. The zero-order chi connectivity index (χ0) is 19.2. The summed E-state index contributed by atoms with van der Waals surface area (Å²) in [6.45, 7) is 4.44. The van der Waals surface area contributed by atoms with E-state index in [2.05, 4.69) is 5.32 Å². The van der Waals surface area contributed by atoms with Crippen LogP contribution in [0.15, 0.2) is 10.6 Å².